The van der Waals surface area contributed by atoms with Gasteiger partial charge in [0, 0.05) is 39.5 Å². The molecule has 0 radical (unpaired) electrons. The molecule has 36 heteroatoms. The molecule has 0 aliphatic carbocycles. The molecule has 0 bridgehead atoms. The molecule has 0 aliphatic heterocycles. The Morgan fingerprint density at radius 3 is 1.53 bits per heavy atom. The van der Waals surface area contributed by atoms with Crippen LogP contribution in [0.25, 0.3) is 22.8 Å². The number of aromatic nitrogens is 7. The summed E-state index contributed by atoms with van der Waals surface area (Å²) in [6, 6.07) is 9.88. The molecule has 35 nitrogen and oxygen atoms in total. The average Bonchev–Trinajstić information content (AvgIpc) is 1.05. The van der Waals surface area contributed by atoms with Crippen molar-refractivity contribution in [2.24, 2.45) is 0 Å². The molecule has 5 rings (SSSR count). The van der Waals surface area contributed by atoms with Crippen molar-refractivity contribution in [2.75, 3.05) is 69.6 Å². The number of carbonyl (C=O) groups is 11. The molecular formula is C57H70ClN17O18. The molecule has 1 aromatic carbocycles. The van der Waals surface area contributed by atoms with Crippen molar-refractivity contribution < 1.29 is 88.5 Å². The third kappa shape index (κ3) is 26.8. The quantitative estimate of drug-likeness (QED) is 0.0197. The average molecular weight is 1320 g/mol. The van der Waals surface area contributed by atoms with E-state index in [-0.39, 0.29) is 74.8 Å². The maximum atomic E-state index is 13.3. The van der Waals surface area contributed by atoms with Gasteiger partial charge in [0.25, 0.3) is 0 Å². The Morgan fingerprint density at radius 2 is 1.02 bits per heavy atom. The van der Waals surface area contributed by atoms with Crippen LogP contribution in [0, 0.1) is 0 Å². The third-order valence-electron chi connectivity index (χ3n) is 13.1. The second-order valence-electron chi connectivity index (χ2n) is 20.6. The predicted octanol–water partition coefficient (Wildman–Crippen LogP) is -1.54. The van der Waals surface area contributed by atoms with Crippen LogP contribution in [0.5, 0.6) is 5.75 Å². The van der Waals surface area contributed by atoms with Crippen molar-refractivity contribution in [1.29, 1.82) is 0 Å². The summed E-state index contributed by atoms with van der Waals surface area (Å²) in [4.78, 5) is 168. The van der Waals surface area contributed by atoms with Gasteiger partial charge in [-0.25, -0.2) is 19.7 Å². The molecule has 4 atom stereocenters. The van der Waals surface area contributed by atoms with Crippen molar-refractivity contribution in [2.45, 2.75) is 89.1 Å². The van der Waals surface area contributed by atoms with E-state index in [1.165, 1.54) is 53.4 Å². The molecule has 0 spiro atoms. The van der Waals surface area contributed by atoms with Crippen LogP contribution < -0.4 is 42.5 Å². The van der Waals surface area contributed by atoms with E-state index in [0.717, 1.165) is 0 Å². The molecule has 6 amide bonds. The number of carbonyl (C=O) groups excluding carboxylic acids is 6. The van der Waals surface area contributed by atoms with E-state index in [1.54, 1.807) is 36.4 Å². The lowest BCUT2D eigenvalue weighted by Gasteiger charge is -2.27. The number of hydrogen-bond acceptors (Lipinski definition) is 24. The number of nitrogens with zero attached hydrogens (tertiary/aromatic N) is 9. The van der Waals surface area contributed by atoms with E-state index >= 15 is 0 Å². The number of aliphatic carboxylic acids is 5. The summed E-state index contributed by atoms with van der Waals surface area (Å²) >= 11 is 6.20. The Morgan fingerprint density at radius 1 is 0.527 bits per heavy atom. The number of carboxylic acid groups (broad SMARTS) is 5. The summed E-state index contributed by atoms with van der Waals surface area (Å²) in [6.45, 7) is -3.24. The molecule has 0 aliphatic rings. The maximum Gasteiger partial charge on any atom is 0.326 e. The minimum absolute atomic E-state index is 0.0114. The molecule has 15 N–H and O–H groups in total. The van der Waals surface area contributed by atoms with E-state index in [9.17, 15) is 88.5 Å². The number of anilines is 2. The first-order valence-electron chi connectivity index (χ1n) is 28.6. The lowest BCUT2D eigenvalue weighted by molar-refractivity contribution is -0.147. The molecule has 5 aromatic rings. The van der Waals surface area contributed by atoms with Crippen LogP contribution >= 0.6 is 11.6 Å². The van der Waals surface area contributed by atoms with Crippen LogP contribution in [-0.4, -0.2) is 229 Å². The monoisotopic (exact) mass is 1320 g/mol. The minimum atomic E-state index is -1.61. The minimum Gasteiger partial charge on any atom is -0.508 e. The van der Waals surface area contributed by atoms with Crippen LogP contribution in [0.3, 0.4) is 0 Å². The number of nitrogens with one attached hydrogen (secondary N) is 8. The molecule has 93 heavy (non-hydrogen) atoms. The Labute approximate surface area is 534 Å². The van der Waals surface area contributed by atoms with Crippen molar-refractivity contribution in [3.63, 3.8) is 0 Å². The maximum absolute atomic E-state index is 13.3. The highest BCUT2D eigenvalue weighted by atomic mass is 35.5. The van der Waals surface area contributed by atoms with E-state index in [1.807, 2.05) is 0 Å². The van der Waals surface area contributed by atoms with Gasteiger partial charge in [-0.1, -0.05) is 24.3 Å². The van der Waals surface area contributed by atoms with E-state index in [2.05, 4.69) is 77.4 Å². The van der Waals surface area contributed by atoms with E-state index in [4.69, 9.17) is 11.6 Å². The summed E-state index contributed by atoms with van der Waals surface area (Å²) in [5.41, 5.74) is 2.46. The topological polar surface area (TPSA) is 522 Å². The predicted molar refractivity (Wildman–Crippen MR) is 325 cm³/mol. The standard InChI is InChI=1S/C57H70ClN17O18/c1-32(77)62-23-45(79)68-39(51(88)63-25-47(81)70-43(31-76)52(89)64-24-46(80)69-40(53(90)91)20-33-14-16-36(78)17-15-33)10-2-4-18-60-56-71-55(58)72-57(73-56)61-19-5-3-13-44(54(92)93)75(30-50(86)87)27-35-9-7-12-38(66-35)42-22-59-21-41(67-42)37-11-6-8-34(65-37)26-74(28-48(82)83)29-49(84)85/h6-9,11-12,14-17,21-22,39-40,43-44,76,78H,2-5,10,13,18-20,23-31H2,1H3,(H,62,77)(H,63,88)(H,64,89)(H,68,79)(H,69,80)(H,70,81)(H,82,83)(H,84,85)(H,86,87)(H,90,91)(H,92,93)(H2,60,61,71,72,73)/t39-,40-,43-,44-/m0/s1. The van der Waals surface area contributed by atoms with Crippen molar-refractivity contribution in [3.05, 3.63) is 95.3 Å². The van der Waals surface area contributed by atoms with Gasteiger partial charge in [-0.3, -0.25) is 62.7 Å². The van der Waals surface area contributed by atoms with Crippen molar-refractivity contribution >= 4 is 88.8 Å². The summed E-state index contributed by atoms with van der Waals surface area (Å²) < 4.78 is 0. The number of aliphatic hydroxyl groups excluding tert-OH is 1. The SMILES string of the molecule is CC(=O)NCC(=O)N[C@@H](CCCCNc1nc(Cl)nc(NCCCC[C@@H](C(=O)O)N(CC(=O)O)Cc2cccc(-c3cncc(-c4cccc(CN(CC(=O)O)CC(=O)O)n4)n3)n2)n1)C(=O)NCC(=O)N[C@@H](CO)C(=O)NCC(=O)N[C@@H](Cc1ccc(O)cc1)C(=O)O. The zero-order valence-corrected chi connectivity index (χ0v) is 50.7. The number of hydrogen-bond donors (Lipinski definition) is 15. The number of pyridine rings is 2. The highest BCUT2D eigenvalue weighted by Gasteiger charge is 2.29. The Kier molecular flexibility index (Phi) is 29.5. The summed E-state index contributed by atoms with van der Waals surface area (Å²) in [5.74, 6) is -11.2. The first kappa shape index (κ1) is 73.1. The second kappa shape index (κ2) is 37.5. The van der Waals surface area contributed by atoms with Crippen molar-refractivity contribution in [1.82, 2.24) is 76.6 Å². The summed E-state index contributed by atoms with van der Waals surface area (Å²) in [5, 5.41) is 87.2. The number of benzene rings is 1. The van der Waals surface area contributed by atoms with Gasteiger partial charge in [0.1, 0.15) is 41.3 Å². The molecule has 498 valence electrons. The lowest BCUT2D eigenvalue weighted by Crippen LogP contribution is -2.55. The highest BCUT2D eigenvalue weighted by molar-refractivity contribution is 6.28. The smallest absolute Gasteiger partial charge is 0.326 e. The Hall–Kier alpha value is -10.7. The highest BCUT2D eigenvalue weighted by Crippen LogP contribution is 2.22. The first-order valence-corrected chi connectivity index (χ1v) is 29.0. The van der Waals surface area contributed by atoms with Crippen LogP contribution in [0.2, 0.25) is 5.28 Å². The van der Waals surface area contributed by atoms with Crippen LogP contribution in [0.15, 0.2) is 73.1 Å². The molecule has 0 saturated carbocycles. The number of rotatable bonds is 41. The molecule has 0 fully saturated rings. The Balaban J connectivity index is 1.09. The Bertz CT molecular complexity index is 3430. The number of phenols is 1. The summed E-state index contributed by atoms with van der Waals surface area (Å²) in [7, 11) is 0. The van der Waals surface area contributed by atoms with Gasteiger partial charge < -0.3 is 78.3 Å². The molecule has 4 aromatic heterocycles. The molecule has 4 heterocycles. The van der Waals surface area contributed by atoms with Gasteiger partial charge in [0.15, 0.2) is 0 Å². The number of aliphatic hydroxyl groups is 1. The van der Waals surface area contributed by atoms with E-state index < -0.39 is 135 Å². The zero-order valence-electron chi connectivity index (χ0n) is 50.0. The number of aromatic hydroxyl groups is 1. The van der Waals surface area contributed by atoms with Gasteiger partial charge in [-0.15, -0.1) is 0 Å². The number of halogens is 1. The third-order valence-corrected chi connectivity index (χ3v) is 13.3. The normalized spacial score (nSPS) is 12.3. The molecule has 0 saturated heterocycles. The van der Waals surface area contributed by atoms with E-state index in [0.29, 0.717) is 59.0 Å². The lowest BCUT2D eigenvalue weighted by atomic mass is 10.1. The van der Waals surface area contributed by atoms with Gasteiger partial charge in [-0.05, 0) is 92.1 Å². The van der Waals surface area contributed by atoms with Gasteiger partial charge in [-0.2, -0.15) is 15.0 Å². The van der Waals surface area contributed by atoms with Gasteiger partial charge in [0.2, 0.25) is 52.6 Å². The van der Waals surface area contributed by atoms with Crippen molar-refractivity contribution in [3.8, 4) is 28.5 Å². The second-order valence-corrected chi connectivity index (χ2v) is 20.9. The van der Waals surface area contributed by atoms with Gasteiger partial charge in [0.05, 0.1) is 81.0 Å². The first-order chi connectivity index (χ1) is 44.3. The fourth-order valence-electron chi connectivity index (χ4n) is 8.83. The van der Waals surface area contributed by atoms with Crippen LogP contribution in [-0.2, 0) is 72.3 Å². The number of amides is 6. The van der Waals surface area contributed by atoms with Crippen LogP contribution in [0.1, 0.15) is 62.4 Å². The number of phenolic OH excluding ortho intramolecular Hbond substituents is 1. The fraction of sp³-hybridized carbons (Fsp3) is 0.404. The molecular weight excluding hydrogens is 1250 g/mol. The fourth-order valence-corrected chi connectivity index (χ4v) is 8.99. The largest absolute Gasteiger partial charge is 0.508 e. The van der Waals surface area contributed by atoms with Gasteiger partial charge >= 0.3 is 29.8 Å². The summed E-state index contributed by atoms with van der Waals surface area (Å²) in [6.07, 6.45) is 4.05. The number of unbranched alkanes of at least 4 members (excludes halogenated alkanes) is 2. The van der Waals surface area contributed by atoms with Crippen LogP contribution in [0.4, 0.5) is 11.9 Å². The zero-order chi connectivity index (χ0) is 68.0. The molecule has 0 unspecified atom stereocenters. The number of carboxylic acids is 5.